The molecule has 2 aliphatic heterocycles. The minimum Gasteiger partial charge on any atom is -0.423 e. The molecular formula is C17H22N4O2. The lowest BCUT2D eigenvalue weighted by atomic mass is 10.1. The lowest BCUT2D eigenvalue weighted by molar-refractivity contribution is 0.0736. The number of piperidine rings is 1. The predicted octanol–water partition coefficient (Wildman–Crippen LogP) is 1.86. The maximum Gasteiger partial charge on any atom is 0.298 e. The van der Waals surface area contributed by atoms with E-state index in [0.29, 0.717) is 17.2 Å². The van der Waals surface area contributed by atoms with Crippen LogP contribution in [0.25, 0.3) is 11.1 Å². The number of aromatic nitrogens is 1. The summed E-state index contributed by atoms with van der Waals surface area (Å²) >= 11 is 0. The predicted molar refractivity (Wildman–Crippen MR) is 88.8 cm³/mol. The first-order chi connectivity index (χ1) is 11.3. The van der Waals surface area contributed by atoms with E-state index in [1.807, 2.05) is 23.1 Å². The molecule has 0 spiro atoms. The molecule has 2 aliphatic rings. The van der Waals surface area contributed by atoms with Crippen molar-refractivity contribution in [3.05, 3.63) is 23.8 Å². The maximum absolute atomic E-state index is 12.6. The van der Waals surface area contributed by atoms with Crippen LogP contribution >= 0.6 is 0 Å². The third kappa shape index (κ3) is 2.91. The number of oxazole rings is 1. The molecule has 0 unspecified atom stereocenters. The fraction of sp³-hybridized carbons (Fsp3) is 0.529. The Morgan fingerprint density at radius 3 is 2.65 bits per heavy atom. The number of hydrogen-bond acceptors (Lipinski definition) is 5. The normalized spacial score (nSPS) is 19.3. The molecule has 122 valence electrons. The van der Waals surface area contributed by atoms with E-state index in [2.05, 4.69) is 15.2 Å². The average molecular weight is 314 g/mol. The number of benzene rings is 1. The standard InChI is InChI=1S/C17H22N4O2/c22-16(20-10-6-18-7-11-20)13-4-5-14-15(12-13)23-17(19-14)21-8-2-1-3-9-21/h4-5,12,18H,1-3,6-11H2. The Morgan fingerprint density at radius 2 is 1.87 bits per heavy atom. The fourth-order valence-corrected chi connectivity index (χ4v) is 3.32. The Labute approximate surface area is 135 Å². The van der Waals surface area contributed by atoms with Crippen molar-refractivity contribution in [3.8, 4) is 0 Å². The van der Waals surface area contributed by atoms with Gasteiger partial charge in [0, 0.05) is 44.8 Å². The van der Waals surface area contributed by atoms with Crippen LogP contribution in [0.4, 0.5) is 6.01 Å². The number of fused-ring (bicyclic) bond motifs is 1. The van der Waals surface area contributed by atoms with Crippen molar-refractivity contribution < 1.29 is 9.21 Å². The summed E-state index contributed by atoms with van der Waals surface area (Å²) in [5, 5.41) is 3.26. The third-order valence-corrected chi connectivity index (χ3v) is 4.65. The molecule has 2 saturated heterocycles. The molecule has 0 bridgehead atoms. The number of rotatable bonds is 2. The molecule has 4 rings (SSSR count). The minimum atomic E-state index is 0.0734. The highest BCUT2D eigenvalue weighted by Crippen LogP contribution is 2.25. The van der Waals surface area contributed by atoms with Crippen molar-refractivity contribution in [3.63, 3.8) is 0 Å². The van der Waals surface area contributed by atoms with Crippen LogP contribution in [0.1, 0.15) is 29.6 Å². The molecule has 6 nitrogen and oxygen atoms in total. The van der Waals surface area contributed by atoms with E-state index >= 15 is 0 Å². The summed E-state index contributed by atoms with van der Waals surface area (Å²) in [6.45, 7) is 5.22. The van der Waals surface area contributed by atoms with Gasteiger partial charge in [-0.05, 0) is 37.5 Å². The second kappa shape index (κ2) is 6.20. The van der Waals surface area contributed by atoms with Gasteiger partial charge < -0.3 is 19.5 Å². The number of amides is 1. The Hall–Kier alpha value is -2.08. The van der Waals surface area contributed by atoms with Crippen molar-refractivity contribution in [1.29, 1.82) is 0 Å². The fourth-order valence-electron chi connectivity index (χ4n) is 3.32. The molecule has 2 aromatic rings. The van der Waals surface area contributed by atoms with Gasteiger partial charge in [0.05, 0.1) is 0 Å². The number of piperazine rings is 1. The molecule has 0 atom stereocenters. The number of nitrogens with zero attached hydrogens (tertiary/aromatic N) is 3. The summed E-state index contributed by atoms with van der Waals surface area (Å²) in [4.78, 5) is 21.2. The smallest absolute Gasteiger partial charge is 0.298 e. The first kappa shape index (κ1) is 14.5. The topological polar surface area (TPSA) is 61.6 Å². The summed E-state index contributed by atoms with van der Waals surface area (Å²) in [5.41, 5.74) is 2.20. The van der Waals surface area contributed by atoms with Gasteiger partial charge in [0.1, 0.15) is 5.52 Å². The molecule has 1 N–H and O–H groups in total. The molecule has 1 aromatic heterocycles. The summed E-state index contributed by atoms with van der Waals surface area (Å²) in [6, 6.07) is 6.27. The largest absolute Gasteiger partial charge is 0.423 e. The van der Waals surface area contributed by atoms with E-state index in [4.69, 9.17) is 4.42 Å². The molecule has 0 saturated carbocycles. The summed E-state index contributed by atoms with van der Waals surface area (Å²) < 4.78 is 5.92. The van der Waals surface area contributed by atoms with Gasteiger partial charge in [0.25, 0.3) is 11.9 Å². The van der Waals surface area contributed by atoms with Crippen LogP contribution in [0.3, 0.4) is 0 Å². The Bertz CT molecular complexity index is 700. The molecule has 1 aromatic carbocycles. The van der Waals surface area contributed by atoms with Crippen LogP contribution in [0.5, 0.6) is 0 Å². The quantitative estimate of drug-likeness (QED) is 0.917. The number of carbonyl (C=O) groups is 1. The van der Waals surface area contributed by atoms with Crippen LogP contribution in [-0.4, -0.2) is 55.1 Å². The third-order valence-electron chi connectivity index (χ3n) is 4.65. The monoisotopic (exact) mass is 314 g/mol. The van der Waals surface area contributed by atoms with Gasteiger partial charge in [-0.1, -0.05) is 0 Å². The van der Waals surface area contributed by atoms with Gasteiger partial charge in [-0.15, -0.1) is 0 Å². The van der Waals surface area contributed by atoms with E-state index in [1.54, 1.807) is 0 Å². The van der Waals surface area contributed by atoms with E-state index in [-0.39, 0.29) is 5.91 Å². The molecule has 1 amide bonds. The van der Waals surface area contributed by atoms with Gasteiger partial charge >= 0.3 is 0 Å². The summed E-state index contributed by atoms with van der Waals surface area (Å²) in [7, 11) is 0. The molecule has 2 fully saturated rings. The summed E-state index contributed by atoms with van der Waals surface area (Å²) in [5.74, 6) is 0.0734. The maximum atomic E-state index is 12.6. The Balaban J connectivity index is 1.58. The van der Waals surface area contributed by atoms with Gasteiger partial charge in [-0.2, -0.15) is 4.98 Å². The van der Waals surface area contributed by atoms with E-state index in [1.165, 1.54) is 19.3 Å². The highest BCUT2D eigenvalue weighted by atomic mass is 16.4. The van der Waals surface area contributed by atoms with Crippen LogP contribution in [-0.2, 0) is 0 Å². The van der Waals surface area contributed by atoms with Gasteiger partial charge in [-0.3, -0.25) is 4.79 Å². The number of anilines is 1. The molecular weight excluding hydrogens is 292 g/mol. The number of hydrogen-bond donors (Lipinski definition) is 1. The van der Waals surface area contributed by atoms with Gasteiger partial charge in [0.2, 0.25) is 0 Å². The van der Waals surface area contributed by atoms with E-state index in [9.17, 15) is 4.79 Å². The van der Waals surface area contributed by atoms with E-state index < -0.39 is 0 Å². The van der Waals surface area contributed by atoms with Crippen molar-refractivity contribution in [1.82, 2.24) is 15.2 Å². The molecule has 0 radical (unpaired) electrons. The Morgan fingerprint density at radius 1 is 1.09 bits per heavy atom. The average Bonchev–Trinajstić information content (AvgIpc) is 3.06. The second-order valence-corrected chi connectivity index (χ2v) is 6.27. The first-order valence-corrected chi connectivity index (χ1v) is 8.47. The zero-order valence-electron chi connectivity index (χ0n) is 13.3. The lowest BCUT2D eigenvalue weighted by Gasteiger charge is -2.27. The highest BCUT2D eigenvalue weighted by Gasteiger charge is 2.20. The zero-order chi connectivity index (χ0) is 15.6. The molecule has 23 heavy (non-hydrogen) atoms. The van der Waals surface area contributed by atoms with Crippen molar-refractivity contribution in [2.45, 2.75) is 19.3 Å². The summed E-state index contributed by atoms with van der Waals surface area (Å²) in [6.07, 6.45) is 3.65. The van der Waals surface area contributed by atoms with Gasteiger partial charge in [-0.25, -0.2) is 0 Å². The second-order valence-electron chi connectivity index (χ2n) is 6.27. The van der Waals surface area contributed by atoms with Crippen molar-refractivity contribution >= 4 is 23.0 Å². The zero-order valence-corrected chi connectivity index (χ0v) is 13.3. The van der Waals surface area contributed by atoms with Crippen LogP contribution in [0.15, 0.2) is 22.6 Å². The highest BCUT2D eigenvalue weighted by molar-refractivity contribution is 5.97. The van der Waals surface area contributed by atoms with Crippen LogP contribution in [0, 0.1) is 0 Å². The molecule has 6 heteroatoms. The molecule has 0 aliphatic carbocycles. The Kier molecular flexibility index (Phi) is 3.91. The van der Waals surface area contributed by atoms with Crippen LogP contribution in [0.2, 0.25) is 0 Å². The number of carbonyl (C=O) groups excluding carboxylic acids is 1. The number of nitrogens with one attached hydrogen (secondary N) is 1. The van der Waals surface area contributed by atoms with Crippen molar-refractivity contribution in [2.75, 3.05) is 44.2 Å². The molecule has 3 heterocycles. The SMILES string of the molecule is O=C(c1ccc2nc(N3CCCCC3)oc2c1)N1CCNCC1. The first-order valence-electron chi connectivity index (χ1n) is 8.47. The van der Waals surface area contributed by atoms with E-state index in [0.717, 1.165) is 44.8 Å². The van der Waals surface area contributed by atoms with Crippen LogP contribution < -0.4 is 10.2 Å². The lowest BCUT2D eigenvalue weighted by Crippen LogP contribution is -2.46. The minimum absolute atomic E-state index is 0.0734. The van der Waals surface area contributed by atoms with Gasteiger partial charge in [0.15, 0.2) is 5.58 Å². The van der Waals surface area contributed by atoms with Crippen molar-refractivity contribution in [2.24, 2.45) is 0 Å².